The summed E-state index contributed by atoms with van der Waals surface area (Å²) >= 11 is 0. The van der Waals surface area contributed by atoms with E-state index in [4.69, 9.17) is 10.4 Å². The molecule has 18 heavy (non-hydrogen) atoms. The van der Waals surface area contributed by atoms with Gasteiger partial charge < -0.3 is 10.0 Å². The summed E-state index contributed by atoms with van der Waals surface area (Å²) < 4.78 is 0. The average Bonchev–Trinajstić information content (AvgIpc) is 2.34. The summed E-state index contributed by atoms with van der Waals surface area (Å²) in [7, 11) is 0. The van der Waals surface area contributed by atoms with Gasteiger partial charge in [0.25, 0.3) is 0 Å². The molecule has 0 aliphatic carbocycles. The summed E-state index contributed by atoms with van der Waals surface area (Å²) in [5, 5.41) is 28.9. The molecule has 0 unspecified atom stereocenters. The number of hydrogen-bond donors (Lipinski definition) is 1. The zero-order chi connectivity index (χ0) is 13.7. The average molecular weight is 250 g/mol. The number of pyridine rings is 1. The van der Waals surface area contributed by atoms with Crippen LogP contribution in [0.15, 0.2) is 12.3 Å². The Balaban J connectivity index is 3.38. The first kappa shape index (κ1) is 13.9. The van der Waals surface area contributed by atoms with Crippen molar-refractivity contribution in [2.45, 2.75) is 19.9 Å². The Morgan fingerprint density at radius 3 is 2.78 bits per heavy atom. The Kier molecular flexibility index (Phi) is 4.57. The topological polar surface area (TPSA) is 103 Å². The van der Waals surface area contributed by atoms with Crippen molar-refractivity contribution in [3.05, 3.63) is 27.9 Å². The van der Waals surface area contributed by atoms with Crippen LogP contribution in [0.2, 0.25) is 0 Å². The van der Waals surface area contributed by atoms with E-state index in [2.05, 4.69) is 4.98 Å². The van der Waals surface area contributed by atoms with Crippen molar-refractivity contribution in [2.75, 3.05) is 18.1 Å². The van der Waals surface area contributed by atoms with Crippen LogP contribution < -0.4 is 4.90 Å². The van der Waals surface area contributed by atoms with Gasteiger partial charge in [-0.3, -0.25) is 10.1 Å². The molecule has 0 fully saturated rings. The molecule has 0 bridgehead atoms. The molecule has 7 nitrogen and oxygen atoms in total. The van der Waals surface area contributed by atoms with Gasteiger partial charge in [0.1, 0.15) is 11.6 Å². The summed E-state index contributed by atoms with van der Waals surface area (Å²) in [6, 6.07) is 3.02. The zero-order valence-corrected chi connectivity index (χ0v) is 10.2. The Hall–Kier alpha value is -2.20. The molecular formula is C11H14N4O3. The molecule has 1 heterocycles. The molecule has 0 radical (unpaired) electrons. The Morgan fingerprint density at radius 1 is 1.67 bits per heavy atom. The van der Waals surface area contributed by atoms with E-state index in [9.17, 15) is 10.1 Å². The summed E-state index contributed by atoms with van der Waals surface area (Å²) in [5.74, 6) is 0.114. The lowest BCUT2D eigenvalue weighted by molar-refractivity contribution is -0.384. The van der Waals surface area contributed by atoms with E-state index < -0.39 is 4.92 Å². The monoisotopic (exact) mass is 250 g/mol. The molecule has 0 saturated carbocycles. The van der Waals surface area contributed by atoms with Crippen LogP contribution in [0, 0.1) is 21.4 Å². The maximum atomic E-state index is 11.1. The fourth-order valence-electron chi connectivity index (χ4n) is 1.64. The largest absolute Gasteiger partial charge is 0.395 e. The number of aliphatic hydroxyl groups excluding tert-OH is 1. The molecule has 1 rings (SSSR count). The first-order chi connectivity index (χ1) is 8.52. The van der Waals surface area contributed by atoms with Gasteiger partial charge in [-0.05, 0) is 19.9 Å². The normalized spacial score (nSPS) is 10.2. The molecule has 96 valence electrons. The zero-order valence-electron chi connectivity index (χ0n) is 10.2. The van der Waals surface area contributed by atoms with Gasteiger partial charge in [0.15, 0.2) is 0 Å². The highest BCUT2D eigenvalue weighted by Gasteiger charge is 2.26. The van der Waals surface area contributed by atoms with Crippen molar-refractivity contribution in [1.82, 2.24) is 4.98 Å². The predicted molar refractivity (Wildman–Crippen MR) is 65.2 cm³/mol. The van der Waals surface area contributed by atoms with Crippen LogP contribution in [0.4, 0.5) is 11.5 Å². The smallest absolute Gasteiger partial charge is 0.329 e. The molecule has 0 atom stereocenters. The number of nitro groups is 1. The highest BCUT2D eigenvalue weighted by molar-refractivity contribution is 5.65. The molecule has 7 heteroatoms. The molecule has 1 aromatic rings. The van der Waals surface area contributed by atoms with E-state index in [-0.39, 0.29) is 36.3 Å². The SMILES string of the molecule is CC(C)N(CCO)c1nccc(C#N)c1[N+](=O)[O-]. The van der Waals surface area contributed by atoms with Gasteiger partial charge in [-0.2, -0.15) is 5.26 Å². The molecular weight excluding hydrogens is 236 g/mol. The van der Waals surface area contributed by atoms with Crippen LogP contribution >= 0.6 is 0 Å². The van der Waals surface area contributed by atoms with Gasteiger partial charge in [0.05, 0.1) is 11.5 Å². The molecule has 0 aliphatic heterocycles. The second-order valence-electron chi connectivity index (χ2n) is 3.91. The van der Waals surface area contributed by atoms with E-state index in [1.165, 1.54) is 12.3 Å². The van der Waals surface area contributed by atoms with Crippen LogP contribution in [0.3, 0.4) is 0 Å². The van der Waals surface area contributed by atoms with Gasteiger partial charge in [0.2, 0.25) is 5.82 Å². The molecule has 0 saturated heterocycles. The highest BCUT2D eigenvalue weighted by atomic mass is 16.6. The third-order valence-corrected chi connectivity index (χ3v) is 2.44. The molecule has 0 amide bonds. The Labute approximate surface area is 104 Å². The van der Waals surface area contributed by atoms with Gasteiger partial charge in [-0.25, -0.2) is 4.98 Å². The van der Waals surface area contributed by atoms with Crippen LogP contribution in [-0.4, -0.2) is 34.2 Å². The standard InChI is InChI=1S/C11H14N4O3/c1-8(2)14(5-6-16)11-10(15(17)18)9(7-12)3-4-13-11/h3-4,8,16H,5-6H2,1-2H3. The number of aromatic nitrogens is 1. The van der Waals surface area contributed by atoms with Crippen molar-refractivity contribution in [3.63, 3.8) is 0 Å². The number of hydrogen-bond acceptors (Lipinski definition) is 6. The molecule has 1 N–H and O–H groups in total. The van der Waals surface area contributed by atoms with Crippen molar-refractivity contribution in [1.29, 1.82) is 5.26 Å². The highest BCUT2D eigenvalue weighted by Crippen LogP contribution is 2.29. The summed E-state index contributed by atoms with van der Waals surface area (Å²) in [6.45, 7) is 3.74. The molecule has 1 aromatic heterocycles. The Bertz CT molecular complexity index is 482. The maximum absolute atomic E-state index is 11.1. The van der Waals surface area contributed by atoms with E-state index in [0.717, 1.165) is 0 Å². The van der Waals surface area contributed by atoms with Crippen molar-refractivity contribution < 1.29 is 10.0 Å². The van der Waals surface area contributed by atoms with E-state index in [1.54, 1.807) is 11.0 Å². The minimum atomic E-state index is -0.617. The van der Waals surface area contributed by atoms with Gasteiger partial charge >= 0.3 is 5.69 Å². The lowest BCUT2D eigenvalue weighted by atomic mass is 10.2. The van der Waals surface area contributed by atoms with Gasteiger partial charge in [-0.15, -0.1) is 0 Å². The maximum Gasteiger partial charge on any atom is 0.329 e. The summed E-state index contributed by atoms with van der Waals surface area (Å²) in [4.78, 5) is 16.0. The lowest BCUT2D eigenvalue weighted by Crippen LogP contribution is -2.34. The van der Waals surface area contributed by atoms with E-state index in [1.807, 2.05) is 13.8 Å². The number of nitriles is 1. The van der Waals surface area contributed by atoms with E-state index in [0.29, 0.717) is 0 Å². The third-order valence-electron chi connectivity index (χ3n) is 2.44. The molecule has 0 aliphatic rings. The van der Waals surface area contributed by atoms with Crippen LogP contribution in [0.1, 0.15) is 19.4 Å². The summed E-state index contributed by atoms with van der Waals surface area (Å²) in [6.07, 6.45) is 1.35. The van der Waals surface area contributed by atoms with Crippen molar-refractivity contribution in [2.24, 2.45) is 0 Å². The van der Waals surface area contributed by atoms with Crippen molar-refractivity contribution in [3.8, 4) is 6.07 Å². The first-order valence-corrected chi connectivity index (χ1v) is 5.44. The minimum Gasteiger partial charge on any atom is -0.395 e. The molecule has 0 aromatic carbocycles. The second kappa shape index (κ2) is 5.93. The van der Waals surface area contributed by atoms with Crippen LogP contribution in [-0.2, 0) is 0 Å². The number of anilines is 1. The Morgan fingerprint density at radius 2 is 2.33 bits per heavy atom. The number of rotatable bonds is 5. The van der Waals surface area contributed by atoms with Crippen molar-refractivity contribution >= 4 is 11.5 Å². The second-order valence-corrected chi connectivity index (χ2v) is 3.91. The fraction of sp³-hybridized carbons (Fsp3) is 0.455. The quantitative estimate of drug-likeness (QED) is 0.619. The summed E-state index contributed by atoms with van der Waals surface area (Å²) in [5.41, 5.74) is -0.351. The first-order valence-electron chi connectivity index (χ1n) is 5.44. The van der Waals surface area contributed by atoms with E-state index >= 15 is 0 Å². The third kappa shape index (κ3) is 2.73. The number of aliphatic hydroxyl groups is 1. The van der Waals surface area contributed by atoms with Crippen LogP contribution in [0.5, 0.6) is 0 Å². The van der Waals surface area contributed by atoms with Gasteiger partial charge in [-0.1, -0.05) is 0 Å². The predicted octanol–water partition coefficient (Wildman–Crippen LogP) is 1.07. The van der Waals surface area contributed by atoms with Gasteiger partial charge in [0, 0.05) is 18.8 Å². The molecule has 0 spiro atoms. The minimum absolute atomic E-state index is 0.0337. The van der Waals surface area contributed by atoms with Crippen LogP contribution in [0.25, 0.3) is 0 Å². The fourth-order valence-corrected chi connectivity index (χ4v) is 1.64. The lowest BCUT2D eigenvalue weighted by Gasteiger charge is -2.26. The number of nitrogens with zero attached hydrogens (tertiary/aromatic N) is 4.